The average Bonchev–Trinajstić information content (AvgIpc) is 2.15. The number of ether oxygens (including phenoxy) is 1. The summed E-state index contributed by atoms with van der Waals surface area (Å²) in [7, 11) is 1.74. The molecule has 1 fully saturated rings. The molecule has 0 aliphatic carbocycles. The fourth-order valence-corrected chi connectivity index (χ4v) is 1.70. The standard InChI is InChI=1S/C11H21NO/c1-10-4-7-12(8-5-10)11(2)6-9-13-3/h10H,2,4-9H2,1,3H3. The number of methoxy groups -OCH3 is 1. The normalized spacial score (nSPS) is 19.1. The van der Waals surface area contributed by atoms with Crippen LogP contribution in [0.5, 0.6) is 0 Å². The van der Waals surface area contributed by atoms with Crippen LogP contribution in [0.4, 0.5) is 0 Å². The molecule has 0 unspecified atom stereocenters. The molecule has 0 radical (unpaired) electrons. The molecule has 1 saturated heterocycles. The van der Waals surface area contributed by atoms with Gasteiger partial charge >= 0.3 is 0 Å². The lowest BCUT2D eigenvalue weighted by Gasteiger charge is -2.33. The van der Waals surface area contributed by atoms with Gasteiger partial charge in [-0.15, -0.1) is 0 Å². The van der Waals surface area contributed by atoms with Gasteiger partial charge in [-0.3, -0.25) is 0 Å². The van der Waals surface area contributed by atoms with Gasteiger partial charge < -0.3 is 9.64 Å². The predicted molar refractivity (Wildman–Crippen MR) is 55.6 cm³/mol. The molecule has 0 saturated carbocycles. The lowest BCUT2D eigenvalue weighted by Crippen LogP contribution is -2.32. The van der Waals surface area contributed by atoms with Crippen molar-refractivity contribution in [1.82, 2.24) is 4.90 Å². The van der Waals surface area contributed by atoms with Crippen LogP contribution in [0.15, 0.2) is 12.3 Å². The zero-order chi connectivity index (χ0) is 9.68. The summed E-state index contributed by atoms with van der Waals surface area (Å²) >= 11 is 0. The Morgan fingerprint density at radius 2 is 2.08 bits per heavy atom. The van der Waals surface area contributed by atoms with E-state index >= 15 is 0 Å². The molecule has 2 nitrogen and oxygen atoms in total. The quantitative estimate of drug-likeness (QED) is 0.663. The van der Waals surface area contributed by atoms with Crippen LogP contribution in [0.3, 0.4) is 0 Å². The first-order valence-electron chi connectivity index (χ1n) is 5.15. The maximum absolute atomic E-state index is 5.04. The second-order valence-corrected chi connectivity index (χ2v) is 3.98. The van der Waals surface area contributed by atoms with Crippen molar-refractivity contribution in [3.05, 3.63) is 12.3 Å². The van der Waals surface area contributed by atoms with E-state index in [-0.39, 0.29) is 0 Å². The summed E-state index contributed by atoms with van der Waals surface area (Å²) in [4.78, 5) is 2.40. The Bertz CT molecular complexity index is 159. The van der Waals surface area contributed by atoms with Crippen LogP contribution in [0.1, 0.15) is 26.2 Å². The highest BCUT2D eigenvalue weighted by Crippen LogP contribution is 2.20. The van der Waals surface area contributed by atoms with Crippen LogP contribution in [0.25, 0.3) is 0 Å². The van der Waals surface area contributed by atoms with E-state index in [0.29, 0.717) is 0 Å². The van der Waals surface area contributed by atoms with Gasteiger partial charge in [-0.25, -0.2) is 0 Å². The second kappa shape index (κ2) is 5.28. The number of rotatable bonds is 4. The van der Waals surface area contributed by atoms with E-state index in [0.717, 1.165) is 18.9 Å². The molecule has 0 aromatic heterocycles. The van der Waals surface area contributed by atoms with Crippen molar-refractivity contribution in [3.63, 3.8) is 0 Å². The smallest absolute Gasteiger partial charge is 0.0516 e. The number of hydrogen-bond donors (Lipinski definition) is 0. The molecular formula is C11H21NO. The molecule has 0 N–H and O–H groups in total. The Kier molecular flexibility index (Phi) is 4.29. The number of nitrogens with zero attached hydrogens (tertiary/aromatic N) is 1. The monoisotopic (exact) mass is 183 g/mol. The third-order valence-corrected chi connectivity index (χ3v) is 2.83. The van der Waals surface area contributed by atoms with Gasteiger partial charge in [0.1, 0.15) is 0 Å². The Morgan fingerprint density at radius 1 is 1.46 bits per heavy atom. The molecule has 0 bridgehead atoms. The van der Waals surface area contributed by atoms with E-state index in [1.165, 1.54) is 31.6 Å². The molecular weight excluding hydrogens is 162 g/mol. The SMILES string of the molecule is C=C(CCOC)N1CCC(C)CC1. The third kappa shape index (κ3) is 3.39. The van der Waals surface area contributed by atoms with Crippen LogP contribution in [0, 0.1) is 5.92 Å². The Balaban J connectivity index is 2.23. The fraction of sp³-hybridized carbons (Fsp3) is 0.818. The minimum absolute atomic E-state index is 0.797. The van der Waals surface area contributed by atoms with E-state index < -0.39 is 0 Å². The summed E-state index contributed by atoms with van der Waals surface area (Å²) in [5.74, 6) is 0.895. The maximum Gasteiger partial charge on any atom is 0.0516 e. The Hall–Kier alpha value is -0.500. The van der Waals surface area contributed by atoms with Crippen molar-refractivity contribution in [3.8, 4) is 0 Å². The summed E-state index contributed by atoms with van der Waals surface area (Å²) in [5, 5.41) is 0. The molecule has 2 heteroatoms. The molecule has 1 rings (SSSR count). The van der Waals surface area contributed by atoms with Crippen LogP contribution >= 0.6 is 0 Å². The summed E-state index contributed by atoms with van der Waals surface area (Å²) < 4.78 is 5.04. The maximum atomic E-state index is 5.04. The zero-order valence-corrected chi connectivity index (χ0v) is 8.88. The lowest BCUT2D eigenvalue weighted by atomic mass is 9.99. The van der Waals surface area contributed by atoms with E-state index in [1.54, 1.807) is 7.11 Å². The highest BCUT2D eigenvalue weighted by Gasteiger charge is 2.15. The van der Waals surface area contributed by atoms with E-state index in [2.05, 4.69) is 18.4 Å². The Labute approximate surface area is 81.6 Å². The number of likely N-dealkylation sites (tertiary alicyclic amines) is 1. The zero-order valence-electron chi connectivity index (χ0n) is 8.88. The van der Waals surface area contributed by atoms with Gasteiger partial charge in [0.25, 0.3) is 0 Å². The predicted octanol–water partition coefficient (Wildman–Crippen LogP) is 2.27. The molecule has 1 aliphatic heterocycles. The van der Waals surface area contributed by atoms with Crippen molar-refractivity contribution in [1.29, 1.82) is 0 Å². The van der Waals surface area contributed by atoms with Gasteiger partial charge in [0.15, 0.2) is 0 Å². The van der Waals surface area contributed by atoms with Gasteiger partial charge in [-0.2, -0.15) is 0 Å². The van der Waals surface area contributed by atoms with Crippen LogP contribution in [0.2, 0.25) is 0 Å². The summed E-state index contributed by atoms with van der Waals surface area (Å²) in [6.07, 6.45) is 3.60. The van der Waals surface area contributed by atoms with Gasteiger partial charge in [-0.1, -0.05) is 13.5 Å². The van der Waals surface area contributed by atoms with Gasteiger partial charge in [-0.05, 0) is 18.8 Å². The van der Waals surface area contributed by atoms with Crippen molar-refractivity contribution in [2.24, 2.45) is 5.92 Å². The fourth-order valence-electron chi connectivity index (χ4n) is 1.70. The minimum atomic E-state index is 0.797. The molecule has 0 spiro atoms. The van der Waals surface area contributed by atoms with Crippen molar-refractivity contribution < 1.29 is 4.74 Å². The first-order chi connectivity index (χ1) is 6.24. The minimum Gasteiger partial charge on any atom is -0.384 e. The highest BCUT2D eigenvalue weighted by atomic mass is 16.5. The molecule has 1 heterocycles. The van der Waals surface area contributed by atoms with Crippen LogP contribution < -0.4 is 0 Å². The van der Waals surface area contributed by atoms with Crippen molar-refractivity contribution in [2.75, 3.05) is 26.8 Å². The van der Waals surface area contributed by atoms with Crippen LogP contribution in [-0.4, -0.2) is 31.7 Å². The van der Waals surface area contributed by atoms with Crippen LogP contribution in [-0.2, 0) is 4.74 Å². The molecule has 1 aliphatic rings. The lowest BCUT2D eigenvalue weighted by molar-refractivity contribution is 0.179. The number of hydrogen-bond acceptors (Lipinski definition) is 2. The first kappa shape index (κ1) is 10.6. The van der Waals surface area contributed by atoms with Crippen molar-refractivity contribution >= 4 is 0 Å². The number of piperidine rings is 1. The molecule has 76 valence electrons. The molecule has 0 aromatic carbocycles. The largest absolute Gasteiger partial charge is 0.384 e. The molecule has 0 aromatic rings. The van der Waals surface area contributed by atoms with Gasteiger partial charge in [0.05, 0.1) is 6.61 Å². The summed E-state index contributed by atoms with van der Waals surface area (Å²) in [6.45, 7) is 9.58. The third-order valence-electron chi connectivity index (χ3n) is 2.83. The van der Waals surface area contributed by atoms with E-state index in [9.17, 15) is 0 Å². The second-order valence-electron chi connectivity index (χ2n) is 3.98. The first-order valence-corrected chi connectivity index (χ1v) is 5.15. The molecule has 13 heavy (non-hydrogen) atoms. The topological polar surface area (TPSA) is 12.5 Å². The summed E-state index contributed by atoms with van der Waals surface area (Å²) in [5.41, 5.74) is 1.24. The highest BCUT2D eigenvalue weighted by molar-refractivity contribution is 4.95. The summed E-state index contributed by atoms with van der Waals surface area (Å²) in [6, 6.07) is 0. The van der Waals surface area contributed by atoms with E-state index in [1.807, 2.05) is 0 Å². The van der Waals surface area contributed by atoms with Gasteiger partial charge in [0.2, 0.25) is 0 Å². The molecule has 0 amide bonds. The Morgan fingerprint density at radius 3 is 2.62 bits per heavy atom. The van der Waals surface area contributed by atoms with E-state index in [4.69, 9.17) is 4.74 Å². The van der Waals surface area contributed by atoms with Crippen molar-refractivity contribution in [2.45, 2.75) is 26.2 Å². The van der Waals surface area contributed by atoms with Gasteiger partial charge in [0, 0.05) is 32.3 Å². The molecule has 0 atom stereocenters. The average molecular weight is 183 g/mol.